The Hall–Kier alpha value is -2.15. The number of imidazole rings is 1. The highest BCUT2D eigenvalue weighted by Crippen LogP contribution is 2.18. The number of hydrogen-bond donors (Lipinski definition) is 2. The molecule has 0 saturated carbocycles. The topological polar surface area (TPSA) is 68.0 Å². The number of nitrogens with zero attached hydrogens (tertiary/aromatic N) is 3. The van der Waals surface area contributed by atoms with E-state index in [0.29, 0.717) is 18.1 Å². The first-order chi connectivity index (χ1) is 12.4. The number of aromatic amines is 2. The number of H-pyrrole nitrogens is 2. The van der Waals surface area contributed by atoms with E-state index in [4.69, 9.17) is 11.6 Å². The van der Waals surface area contributed by atoms with Crippen molar-refractivity contribution in [1.29, 1.82) is 0 Å². The van der Waals surface area contributed by atoms with Crippen LogP contribution < -0.4 is 5.56 Å². The quantitative estimate of drug-likeness (QED) is 0.668. The smallest absolute Gasteiger partial charge is 0.252 e. The van der Waals surface area contributed by atoms with Crippen LogP contribution in [0.1, 0.15) is 17.1 Å². The van der Waals surface area contributed by atoms with Crippen molar-refractivity contribution in [2.75, 3.05) is 27.2 Å². The molecule has 7 heteroatoms. The molecule has 2 heterocycles. The minimum Gasteiger partial charge on any atom is -0.345 e. The van der Waals surface area contributed by atoms with Gasteiger partial charge in [-0.25, -0.2) is 4.98 Å². The van der Waals surface area contributed by atoms with Gasteiger partial charge in [0.1, 0.15) is 5.82 Å². The zero-order chi connectivity index (χ0) is 18.7. The zero-order valence-corrected chi connectivity index (χ0v) is 16.1. The van der Waals surface area contributed by atoms with Crippen molar-refractivity contribution in [3.63, 3.8) is 0 Å². The van der Waals surface area contributed by atoms with E-state index in [1.807, 2.05) is 45.4 Å². The molecule has 0 amide bonds. The van der Waals surface area contributed by atoms with Crippen LogP contribution in [0.2, 0.25) is 5.02 Å². The molecular formula is C19H24ClN5O. The molecule has 26 heavy (non-hydrogen) atoms. The van der Waals surface area contributed by atoms with E-state index in [0.717, 1.165) is 41.1 Å². The summed E-state index contributed by atoms with van der Waals surface area (Å²) in [6.07, 6.45) is 1.85. The van der Waals surface area contributed by atoms with E-state index < -0.39 is 0 Å². The minimum atomic E-state index is -0.0737. The summed E-state index contributed by atoms with van der Waals surface area (Å²) in [7, 11) is 4.09. The normalized spacial score (nSPS) is 11.8. The number of halogens is 1. The number of pyridine rings is 1. The van der Waals surface area contributed by atoms with Gasteiger partial charge in [-0.3, -0.25) is 9.69 Å². The number of aryl methyl sites for hydroxylation is 1. The number of likely N-dealkylation sites (N-methyl/N-ethyl adjacent to an activating group) is 1. The number of nitrogens with one attached hydrogen (secondary N) is 2. The maximum absolute atomic E-state index is 12.5. The second-order valence-corrected chi connectivity index (χ2v) is 7.30. The monoisotopic (exact) mass is 373 g/mol. The summed E-state index contributed by atoms with van der Waals surface area (Å²) in [5.41, 5.74) is 2.48. The lowest BCUT2D eigenvalue weighted by molar-refractivity contribution is 0.223. The fourth-order valence-electron chi connectivity index (χ4n) is 2.93. The van der Waals surface area contributed by atoms with Crippen LogP contribution in [0.3, 0.4) is 0 Å². The Labute approximate surface area is 157 Å². The second kappa shape index (κ2) is 8.03. The molecule has 3 rings (SSSR count). The molecule has 0 aliphatic heterocycles. The van der Waals surface area contributed by atoms with Crippen LogP contribution in [0.15, 0.2) is 35.3 Å². The van der Waals surface area contributed by atoms with Crippen LogP contribution in [0, 0.1) is 6.92 Å². The Morgan fingerprint density at radius 2 is 1.92 bits per heavy atom. The third-order valence-electron chi connectivity index (χ3n) is 4.29. The highest BCUT2D eigenvalue weighted by Gasteiger charge is 2.12. The Kier molecular flexibility index (Phi) is 5.76. The molecule has 1 aromatic carbocycles. The van der Waals surface area contributed by atoms with E-state index in [1.54, 1.807) is 6.07 Å². The van der Waals surface area contributed by atoms with Crippen molar-refractivity contribution in [2.45, 2.75) is 20.0 Å². The zero-order valence-electron chi connectivity index (χ0n) is 15.3. The third-order valence-corrected chi connectivity index (χ3v) is 4.53. The van der Waals surface area contributed by atoms with Crippen molar-refractivity contribution in [3.05, 3.63) is 62.9 Å². The summed E-state index contributed by atoms with van der Waals surface area (Å²) >= 11 is 6.01. The Balaban J connectivity index is 1.84. The Bertz CT molecular complexity index is 946. The summed E-state index contributed by atoms with van der Waals surface area (Å²) in [5.74, 6) is 0.896. The molecule has 0 bridgehead atoms. The summed E-state index contributed by atoms with van der Waals surface area (Å²) < 4.78 is 0. The van der Waals surface area contributed by atoms with E-state index in [9.17, 15) is 4.79 Å². The molecule has 0 unspecified atom stereocenters. The summed E-state index contributed by atoms with van der Waals surface area (Å²) in [5, 5.41) is 1.59. The van der Waals surface area contributed by atoms with Crippen LogP contribution in [0.25, 0.3) is 10.9 Å². The number of benzene rings is 1. The highest BCUT2D eigenvalue weighted by atomic mass is 35.5. The highest BCUT2D eigenvalue weighted by molar-refractivity contribution is 6.31. The average Bonchev–Trinajstić information content (AvgIpc) is 2.98. The fraction of sp³-hybridized carbons (Fsp3) is 0.368. The number of hydrogen-bond acceptors (Lipinski definition) is 4. The second-order valence-electron chi connectivity index (χ2n) is 6.86. The predicted octanol–water partition coefficient (Wildman–Crippen LogP) is 2.78. The molecule has 0 fully saturated rings. The molecule has 0 atom stereocenters. The van der Waals surface area contributed by atoms with Gasteiger partial charge in [0.2, 0.25) is 0 Å². The van der Waals surface area contributed by atoms with Crippen LogP contribution in [-0.4, -0.2) is 51.9 Å². The lowest BCUT2D eigenvalue weighted by Crippen LogP contribution is -2.33. The van der Waals surface area contributed by atoms with E-state index in [2.05, 4.69) is 24.8 Å². The summed E-state index contributed by atoms with van der Waals surface area (Å²) in [4.78, 5) is 27.4. The third kappa shape index (κ3) is 4.72. The maximum atomic E-state index is 12.5. The molecule has 6 nitrogen and oxygen atoms in total. The van der Waals surface area contributed by atoms with E-state index in [1.165, 1.54) is 0 Å². The van der Waals surface area contributed by atoms with Gasteiger partial charge in [-0.05, 0) is 44.6 Å². The van der Waals surface area contributed by atoms with Crippen LogP contribution in [0.5, 0.6) is 0 Å². The predicted molar refractivity (Wildman–Crippen MR) is 106 cm³/mol. The van der Waals surface area contributed by atoms with Crippen molar-refractivity contribution in [1.82, 2.24) is 24.8 Å². The number of aromatic nitrogens is 3. The lowest BCUT2D eigenvalue weighted by Gasteiger charge is -2.23. The van der Waals surface area contributed by atoms with E-state index >= 15 is 0 Å². The van der Waals surface area contributed by atoms with Gasteiger partial charge in [0, 0.05) is 54.2 Å². The van der Waals surface area contributed by atoms with Gasteiger partial charge < -0.3 is 14.9 Å². The standard InChI is InChI=1S/C19H24ClN5O/c1-13-21-10-17(22-13)12-25(7-6-24(2)3)11-15-8-14-4-5-16(20)9-18(14)23-19(15)26/h4-5,8-10H,6-7,11-12H2,1-3H3,(H,21,22)(H,23,26). The van der Waals surface area contributed by atoms with Gasteiger partial charge in [0.25, 0.3) is 5.56 Å². The largest absolute Gasteiger partial charge is 0.345 e. The first-order valence-electron chi connectivity index (χ1n) is 8.60. The molecule has 0 aliphatic rings. The molecule has 2 N–H and O–H groups in total. The molecular weight excluding hydrogens is 350 g/mol. The molecule has 138 valence electrons. The van der Waals surface area contributed by atoms with E-state index in [-0.39, 0.29) is 5.56 Å². The maximum Gasteiger partial charge on any atom is 0.252 e. The summed E-state index contributed by atoms with van der Waals surface area (Å²) in [6.45, 7) is 4.98. The SMILES string of the molecule is Cc1ncc(CN(CCN(C)C)Cc2cc3ccc(Cl)cc3[nH]c2=O)[nH]1. The minimum absolute atomic E-state index is 0.0737. The van der Waals surface area contributed by atoms with Crippen molar-refractivity contribution in [2.24, 2.45) is 0 Å². The van der Waals surface area contributed by atoms with Crippen molar-refractivity contribution >= 4 is 22.5 Å². The van der Waals surface area contributed by atoms with Gasteiger partial charge in [-0.15, -0.1) is 0 Å². The van der Waals surface area contributed by atoms with Crippen molar-refractivity contribution < 1.29 is 0 Å². The molecule has 3 aromatic rings. The van der Waals surface area contributed by atoms with Gasteiger partial charge in [-0.1, -0.05) is 17.7 Å². The van der Waals surface area contributed by atoms with Crippen molar-refractivity contribution in [3.8, 4) is 0 Å². The molecule has 0 saturated heterocycles. The van der Waals surface area contributed by atoms with Crippen LogP contribution in [0.4, 0.5) is 0 Å². The van der Waals surface area contributed by atoms with Crippen LogP contribution >= 0.6 is 11.6 Å². The fourth-order valence-corrected chi connectivity index (χ4v) is 3.10. The van der Waals surface area contributed by atoms with Gasteiger partial charge >= 0.3 is 0 Å². The average molecular weight is 374 g/mol. The first kappa shape index (κ1) is 18.6. The van der Waals surface area contributed by atoms with Gasteiger partial charge in [0.05, 0.1) is 0 Å². The van der Waals surface area contributed by atoms with Gasteiger partial charge in [0.15, 0.2) is 0 Å². The Morgan fingerprint density at radius 1 is 1.12 bits per heavy atom. The molecule has 0 spiro atoms. The summed E-state index contributed by atoms with van der Waals surface area (Å²) in [6, 6.07) is 7.49. The molecule has 2 aromatic heterocycles. The molecule has 0 radical (unpaired) electrons. The number of rotatable bonds is 7. The lowest BCUT2D eigenvalue weighted by atomic mass is 10.1. The number of fused-ring (bicyclic) bond motifs is 1. The molecule has 0 aliphatic carbocycles. The van der Waals surface area contributed by atoms with Crippen LogP contribution in [-0.2, 0) is 13.1 Å². The first-order valence-corrected chi connectivity index (χ1v) is 8.97. The van der Waals surface area contributed by atoms with Gasteiger partial charge in [-0.2, -0.15) is 0 Å². The Morgan fingerprint density at radius 3 is 2.62 bits per heavy atom.